The molecule has 0 aromatic heterocycles. The van der Waals surface area contributed by atoms with Gasteiger partial charge in [0.25, 0.3) is 5.91 Å². The van der Waals surface area contributed by atoms with Gasteiger partial charge in [0.1, 0.15) is 18.0 Å². The maximum absolute atomic E-state index is 13.0. The van der Waals surface area contributed by atoms with Crippen LogP contribution in [0.3, 0.4) is 0 Å². The zero-order chi connectivity index (χ0) is 20.7. The van der Waals surface area contributed by atoms with Crippen LogP contribution in [-0.2, 0) is 9.53 Å². The first-order valence-corrected chi connectivity index (χ1v) is 11.4. The molecule has 1 aromatic rings. The van der Waals surface area contributed by atoms with Gasteiger partial charge in [-0.25, -0.2) is 0 Å². The Kier molecular flexibility index (Phi) is 7.96. The van der Waals surface area contributed by atoms with Gasteiger partial charge in [0.2, 0.25) is 0 Å². The van der Waals surface area contributed by atoms with Gasteiger partial charge in [0, 0.05) is 24.9 Å². The summed E-state index contributed by atoms with van der Waals surface area (Å²) in [6.07, 6.45) is 7.59. The molecule has 5 heteroatoms. The molecule has 1 saturated heterocycles. The van der Waals surface area contributed by atoms with Crippen LogP contribution in [0.1, 0.15) is 65.7 Å². The van der Waals surface area contributed by atoms with Crippen molar-refractivity contribution in [1.82, 2.24) is 4.90 Å². The van der Waals surface area contributed by atoms with Gasteiger partial charge in [0.15, 0.2) is 0 Å². The molecule has 1 heterocycles. The summed E-state index contributed by atoms with van der Waals surface area (Å²) in [5.74, 6) is 1.50. The first kappa shape index (κ1) is 22.1. The average Bonchev–Trinajstić information content (AvgIpc) is 2.73. The standard InChI is InChI=1S/C24H38N2O3/c1-4-29-24(14-12-19(2)13-15-24)23(27)25-21-8-10-22(11-9-21)28-18-17-26-16-6-5-7-20(26)3/h8-11,19-20H,4-7,12-18H2,1-3H3,(H,25,27). The molecule has 29 heavy (non-hydrogen) atoms. The highest BCUT2D eigenvalue weighted by molar-refractivity contribution is 5.97. The Morgan fingerprint density at radius 1 is 1.14 bits per heavy atom. The van der Waals surface area contributed by atoms with Crippen molar-refractivity contribution in [3.05, 3.63) is 24.3 Å². The minimum atomic E-state index is -0.679. The fourth-order valence-electron chi connectivity index (χ4n) is 4.59. The highest BCUT2D eigenvalue weighted by Gasteiger charge is 2.41. The number of carbonyl (C=O) groups is 1. The lowest BCUT2D eigenvalue weighted by Gasteiger charge is -2.37. The quantitative estimate of drug-likeness (QED) is 0.674. The maximum atomic E-state index is 13.0. The number of carbonyl (C=O) groups excluding carboxylic acids is 1. The molecule has 1 aliphatic heterocycles. The predicted octanol–water partition coefficient (Wildman–Crippen LogP) is 4.86. The summed E-state index contributed by atoms with van der Waals surface area (Å²) in [5, 5.41) is 3.07. The highest BCUT2D eigenvalue weighted by atomic mass is 16.5. The van der Waals surface area contributed by atoms with Crippen molar-refractivity contribution in [2.45, 2.75) is 77.4 Å². The summed E-state index contributed by atoms with van der Waals surface area (Å²) in [5.41, 5.74) is 0.117. The van der Waals surface area contributed by atoms with Crippen molar-refractivity contribution < 1.29 is 14.3 Å². The van der Waals surface area contributed by atoms with E-state index in [0.717, 1.165) is 43.7 Å². The molecule has 1 aliphatic carbocycles. The van der Waals surface area contributed by atoms with Crippen LogP contribution in [0.15, 0.2) is 24.3 Å². The molecule has 1 aromatic carbocycles. The van der Waals surface area contributed by atoms with E-state index in [-0.39, 0.29) is 5.91 Å². The van der Waals surface area contributed by atoms with Crippen molar-refractivity contribution >= 4 is 11.6 Å². The van der Waals surface area contributed by atoms with E-state index in [1.807, 2.05) is 31.2 Å². The third kappa shape index (κ3) is 5.95. The molecule has 1 N–H and O–H groups in total. The van der Waals surface area contributed by atoms with Crippen LogP contribution in [0.5, 0.6) is 5.75 Å². The Balaban J connectivity index is 1.49. The lowest BCUT2D eigenvalue weighted by Crippen LogP contribution is -2.48. The largest absolute Gasteiger partial charge is 0.492 e. The summed E-state index contributed by atoms with van der Waals surface area (Å²) in [6.45, 7) is 9.91. The number of rotatable bonds is 8. The molecule has 1 saturated carbocycles. The Hall–Kier alpha value is -1.59. The lowest BCUT2D eigenvalue weighted by molar-refractivity contribution is -0.146. The number of benzene rings is 1. The van der Waals surface area contributed by atoms with Crippen LogP contribution >= 0.6 is 0 Å². The van der Waals surface area contributed by atoms with Crippen LogP contribution < -0.4 is 10.1 Å². The summed E-state index contributed by atoms with van der Waals surface area (Å²) >= 11 is 0. The number of hydrogen-bond donors (Lipinski definition) is 1. The highest BCUT2D eigenvalue weighted by Crippen LogP contribution is 2.36. The number of hydrogen-bond acceptors (Lipinski definition) is 4. The van der Waals surface area contributed by atoms with E-state index in [2.05, 4.69) is 24.1 Å². The fraction of sp³-hybridized carbons (Fsp3) is 0.708. The Morgan fingerprint density at radius 3 is 2.52 bits per heavy atom. The van der Waals surface area contributed by atoms with Gasteiger partial charge in [0.05, 0.1) is 0 Å². The van der Waals surface area contributed by atoms with Crippen LogP contribution in [0.2, 0.25) is 0 Å². The monoisotopic (exact) mass is 402 g/mol. The first-order valence-electron chi connectivity index (χ1n) is 11.4. The molecular formula is C24H38N2O3. The van der Waals surface area contributed by atoms with Crippen molar-refractivity contribution in [1.29, 1.82) is 0 Å². The van der Waals surface area contributed by atoms with Crippen LogP contribution in [0.25, 0.3) is 0 Å². The summed E-state index contributed by atoms with van der Waals surface area (Å²) in [7, 11) is 0. The van der Waals surface area contributed by atoms with Gasteiger partial charge in [-0.05, 0) is 89.1 Å². The van der Waals surface area contributed by atoms with Crippen molar-refractivity contribution in [2.24, 2.45) is 5.92 Å². The molecule has 5 nitrogen and oxygen atoms in total. The summed E-state index contributed by atoms with van der Waals surface area (Å²) < 4.78 is 11.9. The number of amides is 1. The van der Waals surface area contributed by atoms with Crippen molar-refractivity contribution in [3.8, 4) is 5.75 Å². The molecule has 1 atom stereocenters. The third-order valence-corrected chi connectivity index (χ3v) is 6.62. The zero-order valence-corrected chi connectivity index (χ0v) is 18.4. The van der Waals surface area contributed by atoms with Gasteiger partial charge < -0.3 is 14.8 Å². The van der Waals surface area contributed by atoms with Gasteiger partial charge >= 0.3 is 0 Å². The van der Waals surface area contributed by atoms with Gasteiger partial charge in [-0.3, -0.25) is 9.69 Å². The number of nitrogens with zero attached hydrogens (tertiary/aromatic N) is 1. The minimum Gasteiger partial charge on any atom is -0.492 e. The maximum Gasteiger partial charge on any atom is 0.256 e. The smallest absolute Gasteiger partial charge is 0.256 e. The summed E-state index contributed by atoms with van der Waals surface area (Å²) in [6, 6.07) is 8.37. The molecule has 162 valence electrons. The first-order chi connectivity index (χ1) is 14.0. The minimum absolute atomic E-state index is 0.0148. The van der Waals surface area contributed by atoms with E-state index in [9.17, 15) is 4.79 Å². The third-order valence-electron chi connectivity index (χ3n) is 6.62. The zero-order valence-electron chi connectivity index (χ0n) is 18.4. The molecule has 1 amide bonds. The number of anilines is 1. The second-order valence-electron chi connectivity index (χ2n) is 8.82. The van der Waals surface area contributed by atoms with E-state index in [4.69, 9.17) is 9.47 Å². The number of ether oxygens (including phenoxy) is 2. The normalized spacial score (nSPS) is 28.1. The molecule has 1 unspecified atom stereocenters. The fourth-order valence-corrected chi connectivity index (χ4v) is 4.59. The molecule has 3 rings (SSSR count). The Labute approximate surface area is 176 Å². The molecular weight excluding hydrogens is 364 g/mol. The van der Waals surface area contributed by atoms with E-state index in [0.29, 0.717) is 25.2 Å². The van der Waals surface area contributed by atoms with E-state index in [1.165, 1.54) is 25.8 Å². The molecule has 2 aliphatic rings. The van der Waals surface area contributed by atoms with Crippen LogP contribution in [-0.4, -0.2) is 48.8 Å². The molecule has 2 fully saturated rings. The van der Waals surface area contributed by atoms with E-state index < -0.39 is 5.60 Å². The van der Waals surface area contributed by atoms with E-state index >= 15 is 0 Å². The Bertz CT molecular complexity index is 638. The van der Waals surface area contributed by atoms with Crippen LogP contribution in [0.4, 0.5) is 5.69 Å². The van der Waals surface area contributed by atoms with E-state index in [1.54, 1.807) is 0 Å². The predicted molar refractivity (Wildman–Crippen MR) is 117 cm³/mol. The topological polar surface area (TPSA) is 50.8 Å². The molecule has 0 bridgehead atoms. The second-order valence-corrected chi connectivity index (χ2v) is 8.82. The van der Waals surface area contributed by atoms with Gasteiger partial charge in [-0.2, -0.15) is 0 Å². The second kappa shape index (κ2) is 10.4. The van der Waals surface area contributed by atoms with Crippen molar-refractivity contribution in [2.75, 3.05) is 31.6 Å². The van der Waals surface area contributed by atoms with Gasteiger partial charge in [-0.1, -0.05) is 13.3 Å². The lowest BCUT2D eigenvalue weighted by atomic mass is 9.78. The SMILES string of the molecule is CCOC1(C(=O)Nc2ccc(OCCN3CCCCC3C)cc2)CCC(C)CC1. The van der Waals surface area contributed by atoms with Crippen LogP contribution in [0, 0.1) is 5.92 Å². The van der Waals surface area contributed by atoms with Crippen molar-refractivity contribution in [3.63, 3.8) is 0 Å². The number of likely N-dealkylation sites (tertiary alicyclic amines) is 1. The number of nitrogens with one attached hydrogen (secondary N) is 1. The van der Waals surface area contributed by atoms with Gasteiger partial charge in [-0.15, -0.1) is 0 Å². The Morgan fingerprint density at radius 2 is 1.86 bits per heavy atom. The summed E-state index contributed by atoms with van der Waals surface area (Å²) in [4.78, 5) is 15.5. The number of piperidine rings is 1. The molecule has 0 spiro atoms. The average molecular weight is 403 g/mol. The molecule has 0 radical (unpaired) electrons.